The average molecular weight is 546 g/mol. The Morgan fingerprint density at radius 2 is 1.89 bits per heavy atom. The van der Waals surface area contributed by atoms with Gasteiger partial charge in [-0.2, -0.15) is 4.98 Å². The van der Waals surface area contributed by atoms with E-state index in [0.717, 1.165) is 35.8 Å². The Kier molecular flexibility index (Phi) is 7.44. The summed E-state index contributed by atoms with van der Waals surface area (Å²) >= 11 is 3.45. The predicted molar refractivity (Wildman–Crippen MR) is 139 cm³/mol. The third-order valence-corrected chi connectivity index (χ3v) is 6.34. The lowest BCUT2D eigenvalue weighted by molar-refractivity contribution is 0.0793. The minimum Gasteiger partial charge on any atom is -0.495 e. The van der Waals surface area contributed by atoms with Gasteiger partial charge in [-0.25, -0.2) is 9.37 Å². The van der Waals surface area contributed by atoms with Gasteiger partial charge in [0.1, 0.15) is 17.4 Å². The first-order chi connectivity index (χ1) is 16.7. The van der Waals surface area contributed by atoms with E-state index in [-0.39, 0.29) is 0 Å². The van der Waals surface area contributed by atoms with Gasteiger partial charge in [-0.1, -0.05) is 6.07 Å². The van der Waals surface area contributed by atoms with Crippen LogP contribution in [0.5, 0.6) is 5.75 Å². The Morgan fingerprint density at radius 3 is 2.57 bits per heavy atom. The molecule has 4 rings (SSSR count). The van der Waals surface area contributed by atoms with E-state index < -0.39 is 11.4 Å². The van der Waals surface area contributed by atoms with Crippen molar-refractivity contribution in [3.05, 3.63) is 57.9 Å². The summed E-state index contributed by atoms with van der Waals surface area (Å²) in [7, 11) is 1.65. The molecule has 0 saturated carbocycles. The number of morpholine rings is 1. The van der Waals surface area contributed by atoms with Crippen molar-refractivity contribution in [2.45, 2.75) is 26.4 Å². The van der Waals surface area contributed by atoms with E-state index in [1.165, 1.54) is 12.1 Å². The molecule has 0 bridgehead atoms. The van der Waals surface area contributed by atoms with Crippen LogP contribution in [0, 0.1) is 12.7 Å². The third-order valence-electron chi connectivity index (χ3n) is 5.76. The molecule has 0 atom stereocenters. The molecule has 0 unspecified atom stereocenters. The van der Waals surface area contributed by atoms with Crippen LogP contribution in [0.4, 0.5) is 33.2 Å². The smallest absolute Gasteiger partial charge is 0.229 e. The van der Waals surface area contributed by atoms with Gasteiger partial charge in [-0.15, -0.1) is 0 Å². The van der Waals surface area contributed by atoms with Crippen molar-refractivity contribution in [3.8, 4) is 5.75 Å². The number of anilines is 5. The van der Waals surface area contributed by atoms with Crippen LogP contribution >= 0.6 is 15.9 Å². The van der Waals surface area contributed by atoms with Crippen molar-refractivity contribution in [2.24, 2.45) is 0 Å². The molecule has 0 radical (unpaired) electrons. The molecule has 1 saturated heterocycles. The molecule has 0 amide bonds. The molecule has 2 heterocycles. The fourth-order valence-electron chi connectivity index (χ4n) is 3.94. The van der Waals surface area contributed by atoms with Gasteiger partial charge in [0.25, 0.3) is 0 Å². The van der Waals surface area contributed by atoms with E-state index >= 15 is 0 Å². The molecule has 0 spiro atoms. The molecule has 3 aromatic rings. The topological polar surface area (TPSA) is 91.8 Å². The van der Waals surface area contributed by atoms with Gasteiger partial charge in [-0.05, 0) is 60.5 Å². The SMILES string of the molecule is COc1cc(Nc2ncc(Br)c(Nc3cc(F)ccc3C(C)(C)O)n2)c(C)cc1N1CCOCC1. The van der Waals surface area contributed by atoms with Crippen LogP contribution in [-0.2, 0) is 10.3 Å². The maximum Gasteiger partial charge on any atom is 0.229 e. The fourth-order valence-corrected chi connectivity index (χ4v) is 4.23. The predicted octanol–water partition coefficient (Wildman–Crippen LogP) is 5.25. The zero-order valence-corrected chi connectivity index (χ0v) is 21.7. The number of methoxy groups -OCH3 is 1. The van der Waals surface area contributed by atoms with Crippen molar-refractivity contribution < 1.29 is 19.0 Å². The highest BCUT2D eigenvalue weighted by Crippen LogP contribution is 2.36. The lowest BCUT2D eigenvalue weighted by Gasteiger charge is -2.30. The molecule has 0 aliphatic carbocycles. The summed E-state index contributed by atoms with van der Waals surface area (Å²) in [6.45, 7) is 8.27. The number of ether oxygens (including phenoxy) is 2. The van der Waals surface area contributed by atoms with E-state index in [0.29, 0.717) is 40.7 Å². The molecule has 2 aromatic carbocycles. The van der Waals surface area contributed by atoms with Crippen LogP contribution in [0.3, 0.4) is 0 Å². The molecule has 1 aliphatic heterocycles. The number of halogens is 2. The third kappa shape index (κ3) is 5.83. The van der Waals surface area contributed by atoms with Crippen LogP contribution in [0.15, 0.2) is 41.0 Å². The number of rotatable bonds is 7. The van der Waals surface area contributed by atoms with Crippen molar-refractivity contribution in [1.82, 2.24) is 9.97 Å². The molecule has 1 aromatic heterocycles. The minimum atomic E-state index is -1.17. The lowest BCUT2D eigenvalue weighted by atomic mass is 9.96. The van der Waals surface area contributed by atoms with E-state index in [9.17, 15) is 9.50 Å². The molecular weight excluding hydrogens is 517 g/mol. The Labute approximate surface area is 212 Å². The van der Waals surface area contributed by atoms with Gasteiger partial charge in [0, 0.05) is 42.3 Å². The van der Waals surface area contributed by atoms with Crippen LogP contribution in [0.25, 0.3) is 0 Å². The van der Waals surface area contributed by atoms with Crippen molar-refractivity contribution in [1.29, 1.82) is 0 Å². The second-order valence-corrected chi connectivity index (χ2v) is 9.68. The lowest BCUT2D eigenvalue weighted by Crippen LogP contribution is -2.36. The second kappa shape index (κ2) is 10.3. The van der Waals surface area contributed by atoms with Crippen LogP contribution < -0.4 is 20.3 Å². The molecule has 10 heteroatoms. The zero-order valence-electron chi connectivity index (χ0n) is 20.2. The monoisotopic (exact) mass is 545 g/mol. The number of benzene rings is 2. The molecule has 35 heavy (non-hydrogen) atoms. The molecule has 3 N–H and O–H groups in total. The Bertz CT molecular complexity index is 1210. The quantitative estimate of drug-likeness (QED) is 0.371. The average Bonchev–Trinajstić information content (AvgIpc) is 2.82. The first-order valence-corrected chi connectivity index (χ1v) is 12.1. The van der Waals surface area contributed by atoms with E-state index in [4.69, 9.17) is 9.47 Å². The van der Waals surface area contributed by atoms with Crippen molar-refractivity contribution in [3.63, 3.8) is 0 Å². The Hall–Kier alpha value is -2.95. The highest BCUT2D eigenvalue weighted by Gasteiger charge is 2.22. The zero-order chi connectivity index (χ0) is 25.2. The summed E-state index contributed by atoms with van der Waals surface area (Å²) in [4.78, 5) is 11.2. The van der Waals surface area contributed by atoms with Gasteiger partial charge in [0.2, 0.25) is 5.95 Å². The number of hydrogen-bond donors (Lipinski definition) is 3. The molecule has 8 nitrogen and oxygen atoms in total. The second-order valence-electron chi connectivity index (χ2n) is 8.83. The van der Waals surface area contributed by atoms with E-state index in [2.05, 4.69) is 47.5 Å². The first kappa shape index (κ1) is 25.2. The number of aryl methyl sites for hydroxylation is 1. The maximum atomic E-state index is 14.0. The number of aromatic nitrogens is 2. The maximum absolute atomic E-state index is 14.0. The summed E-state index contributed by atoms with van der Waals surface area (Å²) < 4.78 is 25.7. The standard InChI is InChI=1S/C25H29BrFN5O3/c1-15-11-21(32-7-9-35-10-8-32)22(34-4)13-19(15)30-24-28-14-18(26)23(31-24)29-20-12-16(27)5-6-17(20)25(2,3)33/h5-6,11-14,33H,7-10H2,1-4H3,(H2,28,29,30,31). The number of aliphatic hydroxyl groups is 1. The summed E-state index contributed by atoms with van der Waals surface area (Å²) in [6.07, 6.45) is 1.61. The van der Waals surface area contributed by atoms with Crippen molar-refractivity contribution in [2.75, 3.05) is 48.9 Å². The highest BCUT2D eigenvalue weighted by molar-refractivity contribution is 9.10. The summed E-state index contributed by atoms with van der Waals surface area (Å²) in [5.74, 6) is 1.09. The normalized spacial score (nSPS) is 14.1. The molecule has 186 valence electrons. The number of nitrogens with zero attached hydrogens (tertiary/aromatic N) is 3. The summed E-state index contributed by atoms with van der Waals surface area (Å²) in [5, 5.41) is 16.9. The highest BCUT2D eigenvalue weighted by atomic mass is 79.9. The fraction of sp³-hybridized carbons (Fsp3) is 0.360. The molecule has 1 fully saturated rings. The van der Waals surface area contributed by atoms with E-state index in [1.54, 1.807) is 33.2 Å². The van der Waals surface area contributed by atoms with Crippen LogP contribution in [-0.4, -0.2) is 48.5 Å². The number of hydrogen-bond acceptors (Lipinski definition) is 8. The summed E-state index contributed by atoms with van der Waals surface area (Å²) in [6, 6.07) is 8.20. The Morgan fingerprint density at radius 1 is 1.14 bits per heavy atom. The van der Waals surface area contributed by atoms with Gasteiger partial charge < -0.3 is 30.1 Å². The van der Waals surface area contributed by atoms with Crippen LogP contribution in [0.1, 0.15) is 25.0 Å². The van der Waals surface area contributed by atoms with E-state index in [1.807, 2.05) is 13.0 Å². The molecular formula is C25H29BrFN5O3. The molecule has 1 aliphatic rings. The largest absolute Gasteiger partial charge is 0.495 e. The summed E-state index contributed by atoms with van der Waals surface area (Å²) in [5.41, 5.74) is 2.60. The Balaban J connectivity index is 1.62. The first-order valence-electron chi connectivity index (χ1n) is 11.3. The van der Waals surface area contributed by atoms with Gasteiger partial charge in [-0.3, -0.25) is 0 Å². The van der Waals surface area contributed by atoms with Gasteiger partial charge in [0.15, 0.2) is 0 Å². The van der Waals surface area contributed by atoms with Crippen molar-refractivity contribution >= 4 is 44.8 Å². The minimum absolute atomic E-state index is 0.348. The van der Waals surface area contributed by atoms with Gasteiger partial charge in [0.05, 0.1) is 36.1 Å². The number of nitrogens with one attached hydrogen (secondary N) is 2. The van der Waals surface area contributed by atoms with Gasteiger partial charge >= 0.3 is 0 Å². The van der Waals surface area contributed by atoms with Crippen LogP contribution in [0.2, 0.25) is 0 Å².